The third kappa shape index (κ3) is 4.82. The van der Waals surface area contributed by atoms with Gasteiger partial charge in [-0.15, -0.1) is 0 Å². The Kier molecular flexibility index (Phi) is 6.65. The Balaban J connectivity index is 2.20. The van der Waals surface area contributed by atoms with Gasteiger partial charge in [-0.1, -0.05) is 50.1 Å². The highest BCUT2D eigenvalue weighted by atomic mass is 32.2. The number of nitrogens with one attached hydrogen (secondary N) is 1. The molecule has 5 nitrogen and oxygen atoms in total. The molecule has 0 bridgehead atoms. The maximum atomic E-state index is 12.1. The van der Waals surface area contributed by atoms with Crippen molar-refractivity contribution in [3.8, 4) is 0 Å². The average Bonchev–Trinajstić information content (AvgIpc) is 2.54. The molecule has 0 amide bonds. The number of nitrogens with zero attached hydrogens (tertiary/aromatic N) is 1. The minimum Gasteiger partial charge on any atom is -0.465 e. The van der Waals surface area contributed by atoms with Crippen LogP contribution in [-0.2, 0) is 9.53 Å². The number of benzene rings is 1. The molecule has 1 atom stereocenters. The first-order valence-corrected chi connectivity index (χ1v) is 8.86. The van der Waals surface area contributed by atoms with Crippen LogP contribution >= 0.6 is 11.8 Å². The number of H-pyrrole nitrogens is 1. The van der Waals surface area contributed by atoms with Gasteiger partial charge in [0.1, 0.15) is 5.25 Å². The zero-order valence-corrected chi connectivity index (χ0v) is 14.3. The Morgan fingerprint density at radius 1 is 1.30 bits per heavy atom. The third-order valence-corrected chi connectivity index (χ3v) is 4.59. The van der Waals surface area contributed by atoms with Gasteiger partial charge in [-0.25, -0.2) is 4.98 Å². The van der Waals surface area contributed by atoms with Crippen molar-refractivity contribution < 1.29 is 9.53 Å². The highest BCUT2D eigenvalue weighted by Gasteiger charge is 2.22. The van der Waals surface area contributed by atoms with Crippen molar-refractivity contribution in [3.05, 3.63) is 34.6 Å². The number of ether oxygens (including phenoxy) is 1. The first kappa shape index (κ1) is 17.5. The first-order chi connectivity index (χ1) is 11.2. The topological polar surface area (TPSA) is 72.0 Å². The second-order valence-electron chi connectivity index (χ2n) is 5.24. The normalized spacial score (nSPS) is 12.3. The molecular formula is C17H22N2O3S. The molecule has 1 aromatic carbocycles. The van der Waals surface area contributed by atoms with Crippen molar-refractivity contribution in [1.29, 1.82) is 0 Å². The van der Waals surface area contributed by atoms with E-state index in [1.807, 2.05) is 6.07 Å². The van der Waals surface area contributed by atoms with E-state index < -0.39 is 0 Å². The number of carbonyl (C=O) groups excluding carboxylic acids is 1. The molecule has 6 heteroatoms. The van der Waals surface area contributed by atoms with Crippen LogP contribution in [0.1, 0.15) is 39.5 Å². The van der Waals surface area contributed by atoms with Crippen LogP contribution in [0.15, 0.2) is 34.2 Å². The quantitative estimate of drug-likeness (QED) is 0.346. The summed E-state index contributed by atoms with van der Waals surface area (Å²) in [5.41, 5.74) is 0.448. The Bertz CT molecular complexity index is 714. The highest BCUT2D eigenvalue weighted by Crippen LogP contribution is 2.25. The van der Waals surface area contributed by atoms with Crippen molar-refractivity contribution in [3.63, 3.8) is 0 Å². The van der Waals surface area contributed by atoms with E-state index in [0.29, 0.717) is 29.1 Å². The molecule has 0 radical (unpaired) electrons. The van der Waals surface area contributed by atoms with Crippen LogP contribution in [0, 0.1) is 0 Å². The molecule has 1 N–H and O–H groups in total. The number of para-hydroxylation sites is 1. The van der Waals surface area contributed by atoms with E-state index in [2.05, 4.69) is 16.9 Å². The molecular weight excluding hydrogens is 312 g/mol. The Labute approximate surface area is 139 Å². The van der Waals surface area contributed by atoms with Crippen LogP contribution < -0.4 is 5.56 Å². The minimum atomic E-state index is -0.342. The number of esters is 1. The first-order valence-electron chi connectivity index (χ1n) is 7.98. The van der Waals surface area contributed by atoms with E-state index in [-0.39, 0.29) is 16.8 Å². The van der Waals surface area contributed by atoms with Crippen molar-refractivity contribution >= 4 is 28.6 Å². The standard InChI is InChI=1S/C17H22N2O3S/c1-3-5-6-11-14(16(21)22-4-2)23-17-18-13-10-8-7-9-12(13)15(20)19-17/h7-10,14H,3-6,11H2,1-2H3,(H,18,19,20). The van der Waals surface area contributed by atoms with Crippen LogP contribution in [0.25, 0.3) is 10.9 Å². The molecule has 0 aliphatic carbocycles. The molecule has 0 aliphatic heterocycles. The lowest BCUT2D eigenvalue weighted by Crippen LogP contribution is -2.21. The van der Waals surface area contributed by atoms with Crippen LogP contribution in [0.2, 0.25) is 0 Å². The van der Waals surface area contributed by atoms with E-state index in [0.717, 1.165) is 19.3 Å². The lowest BCUT2D eigenvalue weighted by molar-refractivity contribution is -0.142. The number of carbonyl (C=O) groups is 1. The molecule has 0 saturated heterocycles. The zero-order valence-electron chi connectivity index (χ0n) is 13.5. The Hall–Kier alpha value is -1.82. The van der Waals surface area contributed by atoms with E-state index in [4.69, 9.17) is 4.74 Å². The smallest absolute Gasteiger partial charge is 0.319 e. The molecule has 1 unspecified atom stereocenters. The van der Waals surface area contributed by atoms with Crippen LogP contribution in [0.4, 0.5) is 0 Å². The molecule has 0 spiro atoms. The summed E-state index contributed by atoms with van der Waals surface area (Å²) in [5, 5.41) is 0.671. The van der Waals surface area contributed by atoms with E-state index in [1.54, 1.807) is 25.1 Å². The van der Waals surface area contributed by atoms with Gasteiger partial charge in [0.15, 0.2) is 5.16 Å². The second-order valence-corrected chi connectivity index (χ2v) is 6.43. The number of hydrogen-bond acceptors (Lipinski definition) is 5. The molecule has 0 aliphatic rings. The maximum Gasteiger partial charge on any atom is 0.319 e. The van der Waals surface area contributed by atoms with Crippen molar-refractivity contribution in [2.45, 2.75) is 49.9 Å². The molecule has 2 rings (SSSR count). The van der Waals surface area contributed by atoms with Crippen molar-refractivity contribution in [1.82, 2.24) is 9.97 Å². The number of thioether (sulfide) groups is 1. The minimum absolute atomic E-state index is 0.186. The fraction of sp³-hybridized carbons (Fsp3) is 0.471. The van der Waals surface area contributed by atoms with Gasteiger partial charge in [-0.05, 0) is 25.5 Å². The number of hydrogen-bond donors (Lipinski definition) is 1. The van der Waals surface area contributed by atoms with Gasteiger partial charge >= 0.3 is 5.97 Å². The molecule has 23 heavy (non-hydrogen) atoms. The van der Waals surface area contributed by atoms with Crippen molar-refractivity contribution in [2.75, 3.05) is 6.61 Å². The fourth-order valence-electron chi connectivity index (χ4n) is 2.30. The zero-order chi connectivity index (χ0) is 16.7. The number of aromatic nitrogens is 2. The third-order valence-electron chi connectivity index (χ3n) is 3.46. The van der Waals surface area contributed by atoms with Gasteiger partial charge in [0.2, 0.25) is 0 Å². The summed E-state index contributed by atoms with van der Waals surface area (Å²) in [6.45, 7) is 4.27. The largest absolute Gasteiger partial charge is 0.465 e. The number of unbranched alkanes of at least 4 members (excludes halogenated alkanes) is 2. The second kappa shape index (κ2) is 8.72. The maximum absolute atomic E-state index is 12.1. The molecule has 124 valence electrons. The molecule has 0 fully saturated rings. The number of fused-ring (bicyclic) bond motifs is 1. The van der Waals surface area contributed by atoms with E-state index >= 15 is 0 Å². The van der Waals surface area contributed by atoms with Crippen LogP contribution in [0.3, 0.4) is 0 Å². The summed E-state index contributed by atoms with van der Waals surface area (Å²) in [4.78, 5) is 31.4. The van der Waals surface area contributed by atoms with Crippen LogP contribution in [-0.4, -0.2) is 27.8 Å². The number of rotatable bonds is 8. The summed E-state index contributed by atoms with van der Waals surface area (Å²) in [5.74, 6) is -0.246. The van der Waals surface area contributed by atoms with Gasteiger partial charge < -0.3 is 9.72 Å². The van der Waals surface area contributed by atoms with Gasteiger partial charge in [-0.3, -0.25) is 9.59 Å². The van der Waals surface area contributed by atoms with Crippen molar-refractivity contribution in [2.24, 2.45) is 0 Å². The van der Waals surface area contributed by atoms with Crippen LogP contribution in [0.5, 0.6) is 0 Å². The molecule has 2 aromatic rings. The molecule has 0 saturated carbocycles. The van der Waals surface area contributed by atoms with Gasteiger partial charge in [0.05, 0.1) is 17.5 Å². The Morgan fingerprint density at radius 2 is 2.09 bits per heavy atom. The fourth-order valence-corrected chi connectivity index (χ4v) is 3.32. The lowest BCUT2D eigenvalue weighted by atomic mass is 10.1. The molecule has 1 heterocycles. The predicted molar refractivity (Wildman–Crippen MR) is 92.8 cm³/mol. The summed E-state index contributed by atoms with van der Waals surface area (Å²) in [6, 6.07) is 7.18. The van der Waals surface area contributed by atoms with Gasteiger partial charge in [0.25, 0.3) is 5.56 Å². The summed E-state index contributed by atoms with van der Waals surface area (Å²) >= 11 is 1.28. The van der Waals surface area contributed by atoms with E-state index in [1.165, 1.54) is 11.8 Å². The van der Waals surface area contributed by atoms with Gasteiger partial charge in [-0.2, -0.15) is 0 Å². The highest BCUT2D eigenvalue weighted by molar-refractivity contribution is 8.00. The average molecular weight is 334 g/mol. The van der Waals surface area contributed by atoms with E-state index in [9.17, 15) is 9.59 Å². The SMILES string of the molecule is CCCCCC(Sc1nc2ccccc2c(=O)[nH]1)C(=O)OCC. The lowest BCUT2D eigenvalue weighted by Gasteiger charge is -2.14. The predicted octanol–water partition coefficient (Wildman–Crippen LogP) is 3.53. The van der Waals surface area contributed by atoms with Gasteiger partial charge in [0, 0.05) is 0 Å². The summed E-state index contributed by atoms with van der Waals surface area (Å²) in [6.07, 6.45) is 3.82. The summed E-state index contributed by atoms with van der Waals surface area (Å²) in [7, 11) is 0. The Morgan fingerprint density at radius 3 is 2.83 bits per heavy atom. The summed E-state index contributed by atoms with van der Waals surface area (Å²) < 4.78 is 5.15. The monoisotopic (exact) mass is 334 g/mol. The number of aromatic amines is 1. The molecule has 1 aromatic heterocycles.